The lowest BCUT2D eigenvalue weighted by Crippen LogP contribution is -2.48. The number of hydrogen-bond donors (Lipinski definition) is 2. The molecule has 0 aromatic heterocycles. The zero-order valence-corrected chi connectivity index (χ0v) is 12.5. The summed E-state index contributed by atoms with van der Waals surface area (Å²) in [4.78, 5) is 13.0. The third-order valence-corrected chi connectivity index (χ3v) is 4.55. The van der Waals surface area contributed by atoms with E-state index in [4.69, 9.17) is 18.0 Å². The van der Waals surface area contributed by atoms with Gasteiger partial charge in [-0.1, -0.05) is 68.2 Å². The molecule has 0 bridgehead atoms. The van der Waals surface area contributed by atoms with Crippen molar-refractivity contribution in [1.29, 1.82) is 0 Å². The molecule has 1 aliphatic rings. The number of thiocarbonyl (C=S) groups is 1. The second-order valence-electron chi connectivity index (χ2n) is 5.53. The molecule has 1 aromatic rings. The van der Waals surface area contributed by atoms with Crippen LogP contribution in [0.1, 0.15) is 44.1 Å². The molecule has 0 radical (unpaired) electrons. The molecule has 0 unspecified atom stereocenters. The molecule has 1 aliphatic carbocycles. The van der Waals surface area contributed by atoms with Crippen LogP contribution in [0.5, 0.6) is 0 Å². The lowest BCUT2D eigenvalue weighted by molar-refractivity contribution is -0.128. The van der Waals surface area contributed by atoms with Crippen molar-refractivity contribution in [3.8, 4) is 0 Å². The predicted octanol–water partition coefficient (Wildman–Crippen LogP) is 2.93. The largest absolute Gasteiger partial charge is 0.392 e. The van der Waals surface area contributed by atoms with Crippen LogP contribution in [0.15, 0.2) is 30.3 Å². The maximum atomic E-state index is 12.6. The van der Waals surface area contributed by atoms with Crippen LogP contribution in [-0.2, 0) is 11.3 Å². The monoisotopic (exact) mass is 290 g/mol. The van der Waals surface area contributed by atoms with Crippen LogP contribution in [0.4, 0.5) is 0 Å². The van der Waals surface area contributed by atoms with Gasteiger partial charge in [-0.3, -0.25) is 4.79 Å². The van der Waals surface area contributed by atoms with Crippen molar-refractivity contribution in [2.45, 2.75) is 45.1 Å². The third kappa shape index (κ3) is 3.37. The van der Waals surface area contributed by atoms with E-state index in [2.05, 4.69) is 5.32 Å². The third-order valence-electron chi connectivity index (χ3n) is 4.16. The maximum absolute atomic E-state index is 12.6. The Morgan fingerprint density at radius 3 is 2.30 bits per heavy atom. The Morgan fingerprint density at radius 1 is 1.15 bits per heavy atom. The first-order valence-electron chi connectivity index (χ1n) is 7.27. The van der Waals surface area contributed by atoms with Gasteiger partial charge in [-0.05, 0) is 18.4 Å². The standard InChI is InChI=1S/C16H22N2OS/c17-14(20)16(10-6-1-2-7-11-16)15(19)18-12-13-8-4-3-5-9-13/h3-5,8-9H,1-2,6-7,10-12H2,(H2,17,20)(H,18,19). The fourth-order valence-electron chi connectivity index (χ4n) is 2.86. The lowest BCUT2D eigenvalue weighted by atomic mass is 9.79. The van der Waals surface area contributed by atoms with Gasteiger partial charge in [0.2, 0.25) is 5.91 Å². The molecule has 1 aromatic carbocycles. The zero-order valence-electron chi connectivity index (χ0n) is 11.7. The molecule has 108 valence electrons. The van der Waals surface area contributed by atoms with Crippen molar-refractivity contribution in [2.75, 3.05) is 0 Å². The van der Waals surface area contributed by atoms with Crippen LogP contribution in [0.2, 0.25) is 0 Å². The second-order valence-corrected chi connectivity index (χ2v) is 5.97. The fraction of sp³-hybridized carbons (Fsp3) is 0.500. The fourth-order valence-corrected chi connectivity index (χ4v) is 3.16. The van der Waals surface area contributed by atoms with Crippen LogP contribution < -0.4 is 11.1 Å². The summed E-state index contributed by atoms with van der Waals surface area (Å²) >= 11 is 5.21. The van der Waals surface area contributed by atoms with E-state index in [1.54, 1.807) is 0 Å². The maximum Gasteiger partial charge on any atom is 0.233 e. The van der Waals surface area contributed by atoms with Crippen molar-refractivity contribution >= 4 is 23.1 Å². The Labute approximate surface area is 125 Å². The van der Waals surface area contributed by atoms with E-state index in [1.165, 1.54) is 0 Å². The molecule has 0 heterocycles. The number of amides is 1. The zero-order chi connectivity index (χ0) is 14.4. The van der Waals surface area contributed by atoms with Gasteiger partial charge in [0.1, 0.15) is 0 Å². The average Bonchev–Trinajstić information content (AvgIpc) is 2.72. The van der Waals surface area contributed by atoms with Crippen molar-refractivity contribution in [3.63, 3.8) is 0 Å². The molecule has 1 saturated carbocycles. The van der Waals surface area contributed by atoms with E-state index in [0.717, 1.165) is 44.1 Å². The Morgan fingerprint density at radius 2 is 1.75 bits per heavy atom. The summed E-state index contributed by atoms with van der Waals surface area (Å²) < 4.78 is 0. The number of carbonyl (C=O) groups excluding carboxylic acids is 1. The van der Waals surface area contributed by atoms with Gasteiger partial charge < -0.3 is 11.1 Å². The normalized spacial score (nSPS) is 18.0. The van der Waals surface area contributed by atoms with Gasteiger partial charge in [0, 0.05) is 6.54 Å². The first kappa shape index (κ1) is 15.0. The van der Waals surface area contributed by atoms with Gasteiger partial charge in [0.25, 0.3) is 0 Å². The summed E-state index contributed by atoms with van der Waals surface area (Å²) in [7, 11) is 0. The number of rotatable bonds is 4. The Kier molecular flexibility index (Phi) is 5.12. The number of carbonyl (C=O) groups is 1. The van der Waals surface area contributed by atoms with Crippen LogP contribution in [0.3, 0.4) is 0 Å². The van der Waals surface area contributed by atoms with Gasteiger partial charge in [-0.15, -0.1) is 0 Å². The van der Waals surface area contributed by atoms with Gasteiger partial charge in [-0.2, -0.15) is 0 Å². The molecule has 3 nitrogen and oxygen atoms in total. The molecule has 0 atom stereocenters. The molecule has 0 saturated heterocycles. The van der Waals surface area contributed by atoms with Crippen molar-refractivity contribution in [2.24, 2.45) is 11.1 Å². The summed E-state index contributed by atoms with van der Waals surface area (Å²) in [5, 5.41) is 3.01. The molecule has 3 N–H and O–H groups in total. The summed E-state index contributed by atoms with van der Waals surface area (Å²) in [5.74, 6) is -0.00393. The van der Waals surface area contributed by atoms with Gasteiger partial charge in [0.05, 0.1) is 10.4 Å². The summed E-state index contributed by atoms with van der Waals surface area (Å²) in [6.45, 7) is 0.532. The number of benzene rings is 1. The first-order valence-corrected chi connectivity index (χ1v) is 7.68. The Balaban J connectivity index is 2.05. The SMILES string of the molecule is NC(=S)C1(C(=O)NCc2ccccc2)CCCCCC1. The molecule has 1 fully saturated rings. The molecular formula is C16H22N2OS. The topological polar surface area (TPSA) is 55.1 Å². The van der Waals surface area contributed by atoms with E-state index in [-0.39, 0.29) is 5.91 Å². The van der Waals surface area contributed by atoms with Crippen molar-refractivity contribution in [3.05, 3.63) is 35.9 Å². The molecule has 20 heavy (non-hydrogen) atoms. The van der Waals surface area contributed by atoms with Gasteiger partial charge in [0.15, 0.2) is 0 Å². The quantitative estimate of drug-likeness (QED) is 0.662. The Bertz CT molecular complexity index is 465. The highest BCUT2D eigenvalue weighted by Gasteiger charge is 2.41. The van der Waals surface area contributed by atoms with Crippen LogP contribution in [0.25, 0.3) is 0 Å². The van der Waals surface area contributed by atoms with Gasteiger partial charge in [-0.25, -0.2) is 0 Å². The molecule has 4 heteroatoms. The molecule has 1 amide bonds. The van der Waals surface area contributed by atoms with E-state index in [0.29, 0.717) is 11.5 Å². The highest BCUT2D eigenvalue weighted by molar-refractivity contribution is 7.80. The molecule has 2 rings (SSSR count). The van der Waals surface area contributed by atoms with Crippen LogP contribution in [0, 0.1) is 5.41 Å². The summed E-state index contributed by atoms with van der Waals surface area (Å²) in [5.41, 5.74) is 6.36. The minimum absolute atomic E-state index is 0.00393. The Hall–Kier alpha value is -1.42. The average molecular weight is 290 g/mol. The van der Waals surface area contributed by atoms with E-state index < -0.39 is 5.41 Å². The summed E-state index contributed by atoms with van der Waals surface area (Å²) in [6.07, 6.45) is 5.94. The van der Waals surface area contributed by atoms with E-state index in [1.807, 2.05) is 30.3 Å². The summed E-state index contributed by atoms with van der Waals surface area (Å²) in [6, 6.07) is 9.90. The van der Waals surface area contributed by atoms with Gasteiger partial charge >= 0.3 is 0 Å². The van der Waals surface area contributed by atoms with Crippen molar-refractivity contribution < 1.29 is 4.79 Å². The molecular weight excluding hydrogens is 268 g/mol. The van der Waals surface area contributed by atoms with E-state index in [9.17, 15) is 4.79 Å². The van der Waals surface area contributed by atoms with Crippen LogP contribution in [-0.4, -0.2) is 10.9 Å². The second kappa shape index (κ2) is 6.84. The highest BCUT2D eigenvalue weighted by atomic mass is 32.1. The predicted molar refractivity (Wildman–Crippen MR) is 85.2 cm³/mol. The smallest absolute Gasteiger partial charge is 0.233 e. The van der Waals surface area contributed by atoms with E-state index >= 15 is 0 Å². The number of hydrogen-bond acceptors (Lipinski definition) is 2. The molecule has 0 spiro atoms. The minimum Gasteiger partial charge on any atom is -0.392 e. The molecule has 0 aliphatic heterocycles. The van der Waals surface area contributed by atoms with Crippen LogP contribution >= 0.6 is 12.2 Å². The van der Waals surface area contributed by atoms with Crippen molar-refractivity contribution in [1.82, 2.24) is 5.32 Å². The lowest BCUT2D eigenvalue weighted by Gasteiger charge is -2.30. The number of nitrogens with one attached hydrogen (secondary N) is 1. The highest BCUT2D eigenvalue weighted by Crippen LogP contribution is 2.35. The number of nitrogens with two attached hydrogens (primary N) is 1. The minimum atomic E-state index is -0.638. The first-order chi connectivity index (χ1) is 9.65.